The summed E-state index contributed by atoms with van der Waals surface area (Å²) in [7, 11) is 0. The molecule has 2 heterocycles. The molecule has 1 fully saturated rings. The number of carbonyl (C=O) groups is 1. The summed E-state index contributed by atoms with van der Waals surface area (Å²) in [5.74, 6) is 1.52. The zero-order valence-electron chi connectivity index (χ0n) is 10.8. The van der Waals surface area contributed by atoms with Crippen molar-refractivity contribution >= 4 is 11.9 Å². The Morgan fingerprint density at radius 1 is 1.56 bits per heavy atom. The molecular formula is C13H20N4O. The van der Waals surface area contributed by atoms with Gasteiger partial charge in [0.05, 0.1) is 0 Å². The lowest BCUT2D eigenvalue weighted by Crippen LogP contribution is -2.33. The number of imidazole rings is 1. The smallest absolute Gasteiger partial charge is 0.271 e. The van der Waals surface area contributed by atoms with E-state index < -0.39 is 0 Å². The molecule has 5 heteroatoms. The first-order valence-electron chi connectivity index (χ1n) is 6.84. The van der Waals surface area contributed by atoms with E-state index in [1.54, 1.807) is 0 Å². The molecule has 0 bridgehead atoms. The Hall–Kier alpha value is -1.52. The Labute approximate surface area is 107 Å². The highest BCUT2D eigenvalue weighted by atomic mass is 16.2. The minimum atomic E-state index is -0.0298. The van der Waals surface area contributed by atoms with Crippen LogP contribution < -0.4 is 10.6 Å². The van der Waals surface area contributed by atoms with Gasteiger partial charge in [0.1, 0.15) is 5.69 Å². The highest BCUT2D eigenvalue weighted by molar-refractivity contribution is 5.92. The van der Waals surface area contributed by atoms with Crippen LogP contribution >= 0.6 is 0 Å². The molecular weight excluding hydrogens is 228 g/mol. The molecule has 0 aromatic carbocycles. The molecule has 1 saturated carbocycles. The normalized spacial score (nSPS) is 26.5. The van der Waals surface area contributed by atoms with Crippen molar-refractivity contribution in [3.05, 3.63) is 11.9 Å². The van der Waals surface area contributed by atoms with Gasteiger partial charge in [0.2, 0.25) is 5.95 Å². The first-order chi connectivity index (χ1) is 8.72. The van der Waals surface area contributed by atoms with Crippen LogP contribution in [-0.4, -0.2) is 28.0 Å². The SMILES string of the molecule is CC1CCC(NC(=O)c2cn3c(n2)NCCC3)C1. The first kappa shape index (κ1) is 11.6. The molecule has 1 aliphatic heterocycles. The molecule has 2 aliphatic rings. The number of hydrogen-bond acceptors (Lipinski definition) is 3. The predicted octanol–water partition coefficient (Wildman–Crippen LogP) is 1.62. The van der Waals surface area contributed by atoms with Crippen LogP contribution in [0, 0.1) is 5.92 Å². The number of amides is 1. The molecule has 18 heavy (non-hydrogen) atoms. The number of rotatable bonds is 2. The minimum absolute atomic E-state index is 0.0298. The fraction of sp³-hybridized carbons (Fsp3) is 0.692. The van der Waals surface area contributed by atoms with E-state index in [2.05, 4.69) is 22.5 Å². The summed E-state index contributed by atoms with van der Waals surface area (Å²) in [6.45, 7) is 4.13. The Balaban J connectivity index is 1.67. The van der Waals surface area contributed by atoms with E-state index in [-0.39, 0.29) is 5.91 Å². The molecule has 1 aliphatic carbocycles. The molecule has 2 atom stereocenters. The van der Waals surface area contributed by atoms with Crippen molar-refractivity contribution in [1.82, 2.24) is 14.9 Å². The molecule has 2 N–H and O–H groups in total. The van der Waals surface area contributed by atoms with Crippen LogP contribution in [0.5, 0.6) is 0 Å². The van der Waals surface area contributed by atoms with Crippen molar-refractivity contribution in [2.45, 2.75) is 45.2 Å². The van der Waals surface area contributed by atoms with E-state index in [0.29, 0.717) is 11.7 Å². The van der Waals surface area contributed by atoms with Crippen molar-refractivity contribution in [1.29, 1.82) is 0 Å². The number of anilines is 1. The third-order valence-electron chi connectivity index (χ3n) is 3.90. The zero-order valence-corrected chi connectivity index (χ0v) is 10.8. The van der Waals surface area contributed by atoms with E-state index in [1.807, 2.05) is 10.8 Å². The molecule has 0 saturated heterocycles. The van der Waals surface area contributed by atoms with Gasteiger partial charge in [-0.05, 0) is 31.6 Å². The fourth-order valence-corrected chi connectivity index (χ4v) is 2.88. The Kier molecular flexibility index (Phi) is 2.97. The summed E-state index contributed by atoms with van der Waals surface area (Å²) in [4.78, 5) is 16.5. The van der Waals surface area contributed by atoms with Gasteiger partial charge in [0.25, 0.3) is 5.91 Å². The largest absolute Gasteiger partial charge is 0.356 e. The molecule has 1 aromatic rings. The summed E-state index contributed by atoms with van der Waals surface area (Å²) in [5.41, 5.74) is 0.541. The summed E-state index contributed by atoms with van der Waals surface area (Å²) >= 11 is 0. The van der Waals surface area contributed by atoms with Gasteiger partial charge in [-0.1, -0.05) is 6.92 Å². The van der Waals surface area contributed by atoms with Crippen molar-refractivity contribution in [3.8, 4) is 0 Å². The van der Waals surface area contributed by atoms with Crippen molar-refractivity contribution in [2.75, 3.05) is 11.9 Å². The Bertz CT molecular complexity index is 430. The van der Waals surface area contributed by atoms with Gasteiger partial charge in [0.15, 0.2) is 0 Å². The summed E-state index contributed by atoms with van der Waals surface area (Å²) in [5, 5.41) is 6.30. The van der Waals surface area contributed by atoms with Gasteiger partial charge < -0.3 is 15.2 Å². The third-order valence-corrected chi connectivity index (χ3v) is 3.90. The standard InChI is InChI=1S/C13H20N4O/c1-9-3-4-10(7-9)15-12(18)11-8-17-6-2-5-14-13(17)16-11/h8-10H,2-7H2,1H3,(H,14,16)(H,15,18). The number of nitrogens with zero attached hydrogens (tertiary/aromatic N) is 2. The van der Waals surface area contributed by atoms with E-state index in [1.165, 1.54) is 6.42 Å². The highest BCUT2D eigenvalue weighted by Crippen LogP contribution is 2.25. The lowest BCUT2D eigenvalue weighted by atomic mass is 10.1. The van der Waals surface area contributed by atoms with Crippen LogP contribution in [-0.2, 0) is 6.54 Å². The van der Waals surface area contributed by atoms with Crippen LogP contribution in [0.4, 0.5) is 5.95 Å². The molecule has 3 rings (SSSR count). The van der Waals surface area contributed by atoms with Crippen molar-refractivity contribution in [3.63, 3.8) is 0 Å². The first-order valence-corrected chi connectivity index (χ1v) is 6.84. The average molecular weight is 248 g/mol. The Morgan fingerprint density at radius 3 is 3.17 bits per heavy atom. The predicted molar refractivity (Wildman–Crippen MR) is 69.6 cm³/mol. The summed E-state index contributed by atoms with van der Waals surface area (Å²) in [6.07, 6.45) is 6.35. The maximum Gasteiger partial charge on any atom is 0.271 e. The maximum absolute atomic E-state index is 12.1. The van der Waals surface area contributed by atoms with Gasteiger partial charge in [-0.25, -0.2) is 4.98 Å². The number of hydrogen-bond donors (Lipinski definition) is 2. The van der Waals surface area contributed by atoms with Crippen molar-refractivity contribution in [2.24, 2.45) is 5.92 Å². The Morgan fingerprint density at radius 2 is 2.44 bits per heavy atom. The minimum Gasteiger partial charge on any atom is -0.356 e. The van der Waals surface area contributed by atoms with Gasteiger partial charge >= 0.3 is 0 Å². The lowest BCUT2D eigenvalue weighted by molar-refractivity contribution is 0.0932. The lowest BCUT2D eigenvalue weighted by Gasteiger charge is -2.14. The van der Waals surface area contributed by atoms with Gasteiger partial charge in [-0.2, -0.15) is 0 Å². The number of fused-ring (bicyclic) bond motifs is 1. The number of carbonyl (C=O) groups excluding carboxylic acids is 1. The van der Waals surface area contributed by atoms with Crippen LogP contribution in [0.25, 0.3) is 0 Å². The fourth-order valence-electron chi connectivity index (χ4n) is 2.88. The number of nitrogens with one attached hydrogen (secondary N) is 2. The quantitative estimate of drug-likeness (QED) is 0.836. The number of aryl methyl sites for hydroxylation is 1. The second-order valence-corrected chi connectivity index (χ2v) is 5.51. The second-order valence-electron chi connectivity index (χ2n) is 5.51. The van der Waals surface area contributed by atoms with E-state index in [4.69, 9.17) is 0 Å². The summed E-state index contributed by atoms with van der Waals surface area (Å²) in [6, 6.07) is 0.333. The van der Waals surface area contributed by atoms with E-state index in [9.17, 15) is 4.79 Å². The topological polar surface area (TPSA) is 59.0 Å². The molecule has 98 valence electrons. The van der Waals surface area contributed by atoms with Crippen LogP contribution in [0.15, 0.2) is 6.20 Å². The van der Waals surface area contributed by atoms with Crippen LogP contribution in [0.3, 0.4) is 0 Å². The van der Waals surface area contributed by atoms with Crippen molar-refractivity contribution < 1.29 is 4.79 Å². The average Bonchev–Trinajstić information content (AvgIpc) is 2.95. The molecule has 2 unspecified atom stereocenters. The number of aromatic nitrogens is 2. The second kappa shape index (κ2) is 4.63. The van der Waals surface area contributed by atoms with E-state index >= 15 is 0 Å². The molecule has 0 spiro atoms. The molecule has 1 aromatic heterocycles. The molecule has 5 nitrogen and oxygen atoms in total. The van der Waals surface area contributed by atoms with Gasteiger partial charge in [-0.15, -0.1) is 0 Å². The van der Waals surface area contributed by atoms with E-state index in [0.717, 1.165) is 44.2 Å². The zero-order chi connectivity index (χ0) is 12.5. The maximum atomic E-state index is 12.1. The van der Waals surface area contributed by atoms with Crippen LogP contribution in [0.2, 0.25) is 0 Å². The van der Waals surface area contributed by atoms with Gasteiger partial charge in [-0.3, -0.25) is 4.79 Å². The highest BCUT2D eigenvalue weighted by Gasteiger charge is 2.24. The molecule has 1 amide bonds. The summed E-state index contributed by atoms with van der Waals surface area (Å²) < 4.78 is 2.02. The molecule has 0 radical (unpaired) electrons. The monoisotopic (exact) mass is 248 g/mol. The van der Waals surface area contributed by atoms with Gasteiger partial charge in [0, 0.05) is 25.3 Å². The third kappa shape index (κ3) is 2.21. The van der Waals surface area contributed by atoms with Crippen LogP contribution in [0.1, 0.15) is 43.1 Å².